The van der Waals surface area contributed by atoms with Crippen molar-refractivity contribution in [1.82, 2.24) is 40.0 Å². The summed E-state index contributed by atoms with van der Waals surface area (Å²) in [6.45, 7) is 2.41. The number of hydrogen-bond acceptors (Lipinski definition) is 10. The zero-order valence-corrected chi connectivity index (χ0v) is 18.9. The summed E-state index contributed by atoms with van der Waals surface area (Å²) in [5, 5.41) is 25.9. The van der Waals surface area contributed by atoms with Crippen molar-refractivity contribution in [2.75, 3.05) is 18.9 Å². The van der Waals surface area contributed by atoms with Gasteiger partial charge in [0.05, 0.1) is 35.0 Å². The molecule has 4 aromatic heterocycles. The molecule has 0 spiro atoms. The zero-order valence-electron chi connectivity index (χ0n) is 18.9. The van der Waals surface area contributed by atoms with Gasteiger partial charge in [-0.1, -0.05) is 16.4 Å². The second-order valence-electron chi connectivity index (χ2n) is 8.24. The van der Waals surface area contributed by atoms with Crippen LogP contribution < -0.4 is 5.32 Å². The first-order valence-corrected chi connectivity index (χ1v) is 10.7. The van der Waals surface area contributed by atoms with E-state index in [-0.39, 0.29) is 18.2 Å². The molecule has 5 rings (SSSR count). The van der Waals surface area contributed by atoms with Crippen LogP contribution >= 0.6 is 0 Å². The number of rotatable bonds is 6. The minimum Gasteiger partial charge on any atom is -0.373 e. The molecule has 2 unspecified atom stereocenters. The van der Waals surface area contributed by atoms with E-state index >= 15 is 0 Å². The van der Waals surface area contributed by atoms with E-state index in [4.69, 9.17) is 4.52 Å². The number of pyridine rings is 1. The molecule has 1 fully saturated rings. The maximum absolute atomic E-state index is 12.4. The Hall–Kier alpha value is -4.19. The largest absolute Gasteiger partial charge is 0.373 e. The second-order valence-corrected chi connectivity index (χ2v) is 8.24. The molecule has 4 aromatic rings. The fourth-order valence-corrected chi connectivity index (χ4v) is 3.92. The van der Waals surface area contributed by atoms with Crippen LogP contribution in [-0.2, 0) is 17.4 Å². The molecule has 0 bridgehead atoms. The predicted octanol–water partition coefficient (Wildman–Crippen LogP) is 1.54. The number of hydrogen-bond donors (Lipinski definition) is 2. The summed E-state index contributed by atoms with van der Waals surface area (Å²) < 4.78 is 7.03. The highest BCUT2D eigenvalue weighted by atomic mass is 16.5. The standard InChI is InChI=1S/C22H23N9O3/c1-13(18-12-24-29-31(18)3)25-21-23-9-7-16(27-21)14-5-4-6-15(26-14)17-11-19(34-28-17)22(33)8-10-30(2)20(22)32/h4-7,9,11-13,33H,8,10H2,1-3H3,(H,23,25,27). The third kappa shape index (κ3) is 3.77. The van der Waals surface area contributed by atoms with Crippen molar-refractivity contribution in [3.05, 3.63) is 54.2 Å². The SMILES string of the molecule is CC(Nc1nccc(-c2cccc(-c3cc(C4(O)CCN(C)C4=O)on3)n2)n1)c1cnnn1C. The lowest BCUT2D eigenvalue weighted by molar-refractivity contribution is -0.144. The molecule has 0 radical (unpaired) electrons. The Morgan fingerprint density at radius 1 is 1.15 bits per heavy atom. The highest BCUT2D eigenvalue weighted by Crippen LogP contribution is 2.34. The first-order chi connectivity index (χ1) is 16.3. The zero-order chi connectivity index (χ0) is 23.9. The van der Waals surface area contributed by atoms with Gasteiger partial charge < -0.3 is 19.8 Å². The highest BCUT2D eigenvalue weighted by molar-refractivity contribution is 5.87. The fraction of sp³-hybridized carbons (Fsp3) is 0.318. The molecule has 0 aliphatic carbocycles. The van der Waals surface area contributed by atoms with E-state index in [2.05, 4.69) is 35.7 Å². The highest BCUT2D eigenvalue weighted by Gasteiger charge is 2.48. The molecule has 1 aliphatic heterocycles. The summed E-state index contributed by atoms with van der Waals surface area (Å²) in [6.07, 6.45) is 3.58. The second kappa shape index (κ2) is 8.30. The molecule has 12 nitrogen and oxygen atoms in total. The third-order valence-corrected chi connectivity index (χ3v) is 5.90. The quantitative estimate of drug-likeness (QED) is 0.433. The average Bonchev–Trinajstić information content (AvgIpc) is 3.57. The molecule has 2 N–H and O–H groups in total. The number of carbonyl (C=O) groups is 1. The van der Waals surface area contributed by atoms with E-state index in [9.17, 15) is 9.90 Å². The average molecular weight is 461 g/mol. The summed E-state index contributed by atoms with van der Waals surface area (Å²) in [5.74, 6) is 0.137. The number of aromatic nitrogens is 7. The van der Waals surface area contributed by atoms with Crippen LogP contribution in [0.1, 0.15) is 30.8 Å². The fourth-order valence-electron chi connectivity index (χ4n) is 3.92. The number of amides is 1. The van der Waals surface area contributed by atoms with Crippen molar-refractivity contribution >= 4 is 11.9 Å². The van der Waals surface area contributed by atoms with E-state index in [1.165, 1.54) is 4.90 Å². The molecular weight excluding hydrogens is 438 g/mol. The van der Waals surface area contributed by atoms with Gasteiger partial charge in [-0.2, -0.15) is 0 Å². The molecule has 0 aromatic carbocycles. The Kier molecular flexibility index (Phi) is 5.28. The van der Waals surface area contributed by atoms with Crippen molar-refractivity contribution in [1.29, 1.82) is 0 Å². The topological polar surface area (TPSA) is 148 Å². The number of likely N-dealkylation sites (tertiary alicyclic amines) is 1. The Labute approximate surface area is 194 Å². The van der Waals surface area contributed by atoms with Crippen LogP contribution in [0.2, 0.25) is 0 Å². The molecule has 0 saturated carbocycles. The molecule has 34 heavy (non-hydrogen) atoms. The van der Waals surface area contributed by atoms with Gasteiger partial charge in [0.2, 0.25) is 11.5 Å². The van der Waals surface area contributed by atoms with Crippen molar-refractivity contribution in [2.24, 2.45) is 7.05 Å². The van der Waals surface area contributed by atoms with Gasteiger partial charge in [-0.15, -0.1) is 5.10 Å². The van der Waals surface area contributed by atoms with Crippen LogP contribution in [0.25, 0.3) is 22.8 Å². The van der Waals surface area contributed by atoms with Gasteiger partial charge in [-0.25, -0.2) is 15.0 Å². The Morgan fingerprint density at radius 3 is 2.62 bits per heavy atom. The molecular formula is C22H23N9O3. The van der Waals surface area contributed by atoms with Crippen molar-refractivity contribution < 1.29 is 14.4 Å². The lowest BCUT2D eigenvalue weighted by atomic mass is 9.98. The Morgan fingerprint density at radius 2 is 1.91 bits per heavy atom. The van der Waals surface area contributed by atoms with E-state index < -0.39 is 11.5 Å². The molecule has 1 amide bonds. The van der Waals surface area contributed by atoms with Gasteiger partial charge in [-0.05, 0) is 25.1 Å². The summed E-state index contributed by atoms with van der Waals surface area (Å²) in [7, 11) is 3.46. The number of carbonyl (C=O) groups excluding carboxylic acids is 1. The Bertz CT molecular complexity index is 1350. The van der Waals surface area contributed by atoms with E-state index in [1.807, 2.05) is 26.1 Å². The van der Waals surface area contributed by atoms with E-state index in [1.54, 1.807) is 42.3 Å². The number of nitrogens with zero attached hydrogens (tertiary/aromatic N) is 8. The van der Waals surface area contributed by atoms with Crippen molar-refractivity contribution in [3.63, 3.8) is 0 Å². The van der Waals surface area contributed by atoms with Crippen LogP contribution in [0.4, 0.5) is 5.95 Å². The monoisotopic (exact) mass is 461 g/mol. The van der Waals surface area contributed by atoms with Gasteiger partial charge in [0.25, 0.3) is 5.91 Å². The summed E-state index contributed by atoms with van der Waals surface area (Å²) in [4.78, 5) is 27.4. The van der Waals surface area contributed by atoms with Crippen LogP contribution in [0.3, 0.4) is 0 Å². The minimum atomic E-state index is -1.70. The lowest BCUT2D eigenvalue weighted by Gasteiger charge is -2.16. The van der Waals surface area contributed by atoms with E-state index in [0.717, 1.165) is 5.69 Å². The number of nitrogens with one attached hydrogen (secondary N) is 1. The first-order valence-electron chi connectivity index (χ1n) is 10.7. The third-order valence-electron chi connectivity index (χ3n) is 5.90. The van der Waals surface area contributed by atoms with E-state index in [0.29, 0.717) is 35.3 Å². The number of anilines is 1. The Balaban J connectivity index is 1.39. The number of aliphatic hydroxyl groups is 1. The predicted molar refractivity (Wildman–Crippen MR) is 120 cm³/mol. The van der Waals surface area contributed by atoms with Crippen LogP contribution in [0.5, 0.6) is 0 Å². The van der Waals surface area contributed by atoms with Crippen molar-refractivity contribution in [2.45, 2.75) is 25.0 Å². The summed E-state index contributed by atoms with van der Waals surface area (Å²) in [5.41, 5.74) is 1.35. The molecule has 1 aliphatic rings. The van der Waals surface area contributed by atoms with Gasteiger partial charge in [-0.3, -0.25) is 9.48 Å². The van der Waals surface area contributed by atoms with Crippen LogP contribution in [-0.4, -0.2) is 64.6 Å². The maximum atomic E-state index is 12.4. The number of aryl methyl sites for hydroxylation is 1. The maximum Gasteiger partial charge on any atom is 0.262 e. The minimum absolute atomic E-state index is 0.105. The van der Waals surface area contributed by atoms with Gasteiger partial charge in [0.1, 0.15) is 5.69 Å². The molecule has 1 saturated heterocycles. The normalized spacial score (nSPS) is 18.9. The van der Waals surface area contributed by atoms with Crippen LogP contribution in [0, 0.1) is 0 Å². The summed E-state index contributed by atoms with van der Waals surface area (Å²) in [6, 6.07) is 8.64. The molecule has 5 heterocycles. The van der Waals surface area contributed by atoms with Crippen LogP contribution in [0.15, 0.2) is 47.2 Å². The number of likely N-dealkylation sites (N-methyl/N-ethyl adjacent to an activating group) is 1. The first kappa shape index (κ1) is 21.6. The smallest absolute Gasteiger partial charge is 0.262 e. The van der Waals surface area contributed by atoms with Gasteiger partial charge in [0.15, 0.2) is 5.76 Å². The molecule has 2 atom stereocenters. The van der Waals surface area contributed by atoms with Gasteiger partial charge >= 0.3 is 0 Å². The van der Waals surface area contributed by atoms with Gasteiger partial charge in [0, 0.05) is 39.3 Å². The van der Waals surface area contributed by atoms with Crippen molar-refractivity contribution in [3.8, 4) is 22.8 Å². The lowest BCUT2D eigenvalue weighted by Crippen LogP contribution is -2.35. The summed E-state index contributed by atoms with van der Waals surface area (Å²) >= 11 is 0. The molecule has 12 heteroatoms. The molecule has 174 valence electrons.